The minimum atomic E-state index is -3.84. The average Bonchev–Trinajstić information content (AvgIpc) is 3.44. The molecular weight excluding hydrogens is 432 g/mol. The Labute approximate surface area is 186 Å². The van der Waals surface area contributed by atoms with Gasteiger partial charge in [0.1, 0.15) is 23.9 Å². The number of nitrogens with one attached hydrogen (secondary N) is 2. The molecule has 170 valence electrons. The van der Waals surface area contributed by atoms with E-state index in [1.165, 1.54) is 17.5 Å². The van der Waals surface area contributed by atoms with Gasteiger partial charge in [-0.15, -0.1) is 0 Å². The third kappa shape index (κ3) is 3.86. The Morgan fingerprint density at radius 1 is 1.28 bits per heavy atom. The zero-order valence-corrected chi connectivity index (χ0v) is 18.4. The van der Waals surface area contributed by atoms with Crippen LogP contribution in [0.4, 0.5) is 5.82 Å². The highest BCUT2D eigenvalue weighted by Gasteiger charge is 2.42. The lowest BCUT2D eigenvalue weighted by Crippen LogP contribution is -2.39. The number of hydrogen-bond acceptors (Lipinski definition) is 7. The molecule has 1 unspecified atom stereocenters. The Balaban J connectivity index is 1.40. The zero-order chi connectivity index (χ0) is 22.5. The Hall–Kier alpha value is -2.57. The molecule has 5 N–H and O–H groups in total. The van der Waals surface area contributed by atoms with Crippen LogP contribution in [0.3, 0.4) is 0 Å². The second-order valence-corrected chi connectivity index (χ2v) is 9.80. The van der Waals surface area contributed by atoms with Crippen molar-refractivity contribution in [3.8, 4) is 0 Å². The van der Waals surface area contributed by atoms with Crippen LogP contribution in [0.5, 0.6) is 0 Å². The van der Waals surface area contributed by atoms with E-state index in [-0.39, 0.29) is 18.5 Å². The first-order valence-electron chi connectivity index (χ1n) is 10.6. The summed E-state index contributed by atoms with van der Waals surface area (Å²) >= 11 is 0. The maximum Gasteiger partial charge on any atom is 0.274 e. The largest absolute Gasteiger partial charge is 0.388 e. The summed E-state index contributed by atoms with van der Waals surface area (Å²) in [5.74, 6) is 0.421. The molecule has 11 heteroatoms. The van der Waals surface area contributed by atoms with Crippen molar-refractivity contribution in [1.29, 1.82) is 0 Å². The number of nitrogens with zero attached hydrogens (tertiary/aromatic N) is 3. The summed E-state index contributed by atoms with van der Waals surface area (Å²) in [6.07, 6.45) is 3.25. The van der Waals surface area contributed by atoms with Gasteiger partial charge in [-0.3, -0.25) is 0 Å². The van der Waals surface area contributed by atoms with Crippen LogP contribution in [-0.4, -0.2) is 46.8 Å². The van der Waals surface area contributed by atoms with Crippen LogP contribution in [0.25, 0.3) is 11.0 Å². The van der Waals surface area contributed by atoms with Crippen molar-refractivity contribution < 1.29 is 18.3 Å². The molecule has 1 fully saturated rings. The van der Waals surface area contributed by atoms with Crippen LogP contribution in [0.15, 0.2) is 42.9 Å². The van der Waals surface area contributed by atoms with E-state index in [1.807, 2.05) is 25.3 Å². The topological polar surface area (TPSA) is 144 Å². The zero-order valence-electron chi connectivity index (χ0n) is 17.5. The highest BCUT2D eigenvalue weighted by molar-refractivity contribution is 7.87. The van der Waals surface area contributed by atoms with E-state index >= 15 is 0 Å². The first kappa shape index (κ1) is 21.3. The molecule has 32 heavy (non-hydrogen) atoms. The molecule has 1 saturated heterocycles. The van der Waals surface area contributed by atoms with E-state index in [2.05, 4.69) is 38.2 Å². The number of benzene rings is 1. The van der Waals surface area contributed by atoms with Crippen LogP contribution in [0.1, 0.15) is 36.7 Å². The number of aliphatic hydroxyl groups is 1. The highest BCUT2D eigenvalue weighted by atomic mass is 32.2. The molecule has 5 rings (SSSR count). The Morgan fingerprint density at radius 3 is 2.91 bits per heavy atom. The van der Waals surface area contributed by atoms with Crippen LogP contribution in [-0.2, 0) is 21.4 Å². The fourth-order valence-electron chi connectivity index (χ4n) is 4.69. The molecule has 3 aromatic rings. The molecule has 1 aliphatic heterocycles. The Kier molecular flexibility index (Phi) is 5.38. The predicted molar refractivity (Wildman–Crippen MR) is 119 cm³/mol. The number of aliphatic hydroxyl groups excluding tert-OH is 1. The second kappa shape index (κ2) is 8.09. The van der Waals surface area contributed by atoms with Gasteiger partial charge in [0.15, 0.2) is 6.23 Å². The smallest absolute Gasteiger partial charge is 0.274 e. The number of fused-ring (bicyclic) bond motifs is 2. The number of anilines is 1. The van der Waals surface area contributed by atoms with Crippen molar-refractivity contribution in [3.05, 3.63) is 54.0 Å². The molecular formula is C21H26N6O4S. The molecule has 0 radical (unpaired) electrons. The standard InChI is InChI=1S/C21H26N6O4S/c1-12-17(10-25-32(22,29)30)31-21(18(12)28)27-9-8-15-19(23-11-24-20(15)27)26-16-7-6-13-4-2-3-5-14(13)16/h2-5,8-9,11-12,16-18,21,25,28H,6-7,10H2,1H3,(H2,22,29,30)(H,23,24,26)/t12-,16?,17-,18-,21-/m1/s1. The summed E-state index contributed by atoms with van der Waals surface area (Å²) in [5, 5.41) is 20.2. The van der Waals surface area contributed by atoms with E-state index in [1.54, 1.807) is 4.57 Å². The molecule has 1 aliphatic carbocycles. The monoisotopic (exact) mass is 458 g/mol. The van der Waals surface area contributed by atoms with Gasteiger partial charge in [0.2, 0.25) is 0 Å². The predicted octanol–water partition coefficient (Wildman–Crippen LogP) is 1.22. The number of hydrogen-bond donors (Lipinski definition) is 4. The van der Waals surface area contributed by atoms with Gasteiger partial charge in [0.05, 0.1) is 17.5 Å². The van der Waals surface area contributed by atoms with Gasteiger partial charge in [-0.05, 0) is 30.0 Å². The van der Waals surface area contributed by atoms with E-state index < -0.39 is 28.6 Å². The van der Waals surface area contributed by atoms with E-state index in [0.717, 1.165) is 24.0 Å². The van der Waals surface area contributed by atoms with Crippen molar-refractivity contribution in [1.82, 2.24) is 19.3 Å². The first-order chi connectivity index (χ1) is 15.3. The van der Waals surface area contributed by atoms with Gasteiger partial charge in [-0.25, -0.2) is 15.1 Å². The lowest BCUT2D eigenvalue weighted by molar-refractivity contribution is -0.0326. The summed E-state index contributed by atoms with van der Waals surface area (Å²) in [6.45, 7) is 1.79. The summed E-state index contributed by atoms with van der Waals surface area (Å²) in [6, 6.07) is 10.5. The quantitative estimate of drug-likeness (QED) is 0.435. The normalized spacial score (nSPS) is 27.7. The van der Waals surface area contributed by atoms with Gasteiger partial charge in [-0.2, -0.15) is 13.1 Å². The minimum Gasteiger partial charge on any atom is -0.388 e. The molecule has 2 aromatic heterocycles. The fourth-order valence-corrected chi connectivity index (χ4v) is 5.09. The van der Waals surface area contributed by atoms with Gasteiger partial charge in [0, 0.05) is 18.7 Å². The van der Waals surface area contributed by atoms with E-state index in [4.69, 9.17) is 9.88 Å². The molecule has 0 spiro atoms. The Bertz CT molecular complexity index is 1250. The fraction of sp³-hybridized carbons (Fsp3) is 0.429. The molecule has 1 aromatic carbocycles. The third-order valence-electron chi connectivity index (χ3n) is 6.44. The summed E-state index contributed by atoms with van der Waals surface area (Å²) < 4.78 is 32.5. The summed E-state index contributed by atoms with van der Waals surface area (Å²) in [4.78, 5) is 8.88. The van der Waals surface area contributed by atoms with Crippen LogP contribution < -0.4 is 15.2 Å². The molecule has 0 bridgehead atoms. The van der Waals surface area contributed by atoms with Gasteiger partial charge in [-0.1, -0.05) is 31.2 Å². The van der Waals surface area contributed by atoms with Crippen molar-refractivity contribution >= 4 is 27.1 Å². The molecule has 5 atom stereocenters. The molecule has 10 nitrogen and oxygen atoms in total. The second-order valence-electron chi connectivity index (χ2n) is 8.43. The number of nitrogens with two attached hydrogens (primary N) is 1. The maximum atomic E-state index is 11.2. The molecule has 0 amide bonds. The minimum absolute atomic E-state index is 0.0182. The lowest BCUT2D eigenvalue weighted by Gasteiger charge is -2.19. The first-order valence-corrected chi connectivity index (χ1v) is 12.1. The third-order valence-corrected chi connectivity index (χ3v) is 7.01. The van der Waals surface area contributed by atoms with Gasteiger partial charge < -0.3 is 19.7 Å². The highest BCUT2D eigenvalue weighted by Crippen LogP contribution is 2.38. The Morgan fingerprint density at radius 2 is 2.09 bits per heavy atom. The number of rotatable bonds is 6. The van der Waals surface area contributed by atoms with E-state index in [0.29, 0.717) is 5.65 Å². The average molecular weight is 459 g/mol. The molecule has 2 aliphatic rings. The maximum absolute atomic E-state index is 11.2. The summed E-state index contributed by atoms with van der Waals surface area (Å²) in [7, 11) is -3.84. The van der Waals surface area contributed by atoms with Crippen LogP contribution >= 0.6 is 0 Å². The number of aromatic nitrogens is 3. The van der Waals surface area contributed by atoms with Crippen molar-refractivity contribution in [2.45, 2.75) is 44.2 Å². The van der Waals surface area contributed by atoms with Crippen molar-refractivity contribution in [3.63, 3.8) is 0 Å². The van der Waals surface area contributed by atoms with Crippen molar-refractivity contribution in [2.75, 3.05) is 11.9 Å². The molecule has 3 heterocycles. The van der Waals surface area contributed by atoms with Crippen LogP contribution in [0, 0.1) is 5.92 Å². The summed E-state index contributed by atoms with van der Waals surface area (Å²) in [5.41, 5.74) is 3.26. The number of ether oxygens (including phenoxy) is 1. The SMILES string of the molecule is C[C@H]1[C@@H](O)[C@H](n2ccc3c(NC4CCc5ccccc54)ncnc32)O[C@@H]1CNS(N)(=O)=O. The van der Waals surface area contributed by atoms with E-state index in [9.17, 15) is 13.5 Å². The molecule has 0 saturated carbocycles. The van der Waals surface area contributed by atoms with Crippen LogP contribution in [0.2, 0.25) is 0 Å². The van der Waals surface area contributed by atoms with Gasteiger partial charge >= 0.3 is 0 Å². The van der Waals surface area contributed by atoms with Gasteiger partial charge in [0.25, 0.3) is 10.2 Å². The van der Waals surface area contributed by atoms with Crippen molar-refractivity contribution in [2.24, 2.45) is 11.1 Å². The lowest BCUT2D eigenvalue weighted by atomic mass is 10.0. The number of aryl methyl sites for hydroxylation is 1.